The number of aryl methyl sites for hydroxylation is 2. The van der Waals surface area contributed by atoms with Crippen molar-refractivity contribution in [2.45, 2.75) is 44.4 Å². The van der Waals surface area contributed by atoms with Crippen molar-refractivity contribution in [3.05, 3.63) is 47.0 Å². The molecule has 0 heterocycles. The summed E-state index contributed by atoms with van der Waals surface area (Å²) in [5.74, 6) is 0.737. The zero-order valence-corrected chi connectivity index (χ0v) is 10.2. The molecule has 1 fully saturated rings. The Kier molecular flexibility index (Phi) is 2.62. The van der Waals surface area contributed by atoms with E-state index < -0.39 is 0 Å². The number of carbonyl (C=O) groups is 1. The third-order valence-corrected chi connectivity index (χ3v) is 4.05. The van der Waals surface area contributed by atoms with Gasteiger partial charge in [0, 0.05) is 12.8 Å². The van der Waals surface area contributed by atoms with Crippen molar-refractivity contribution in [1.29, 1.82) is 0 Å². The molecular formula is C16H18O. The highest BCUT2D eigenvalue weighted by Gasteiger charge is 2.24. The lowest BCUT2D eigenvalue weighted by Crippen LogP contribution is -2.15. The predicted molar refractivity (Wildman–Crippen MR) is 69.2 cm³/mol. The van der Waals surface area contributed by atoms with E-state index in [1.165, 1.54) is 36.0 Å². The summed E-state index contributed by atoms with van der Waals surface area (Å²) in [4.78, 5) is 11.6. The molecule has 3 rings (SSSR count). The molecule has 0 radical (unpaired) electrons. The van der Waals surface area contributed by atoms with E-state index in [-0.39, 0.29) is 0 Å². The van der Waals surface area contributed by atoms with E-state index in [4.69, 9.17) is 0 Å². The fourth-order valence-electron chi connectivity index (χ4n) is 3.20. The number of Topliss-reactive ketones (excluding diaryl/α,β-unsaturated/α-hetero) is 1. The molecule has 88 valence electrons. The lowest BCUT2D eigenvalue weighted by Gasteiger charge is -2.23. The second-order valence-electron chi connectivity index (χ2n) is 5.45. The van der Waals surface area contributed by atoms with Crippen LogP contribution in [0.25, 0.3) is 0 Å². The topological polar surface area (TPSA) is 17.1 Å². The summed E-state index contributed by atoms with van der Waals surface area (Å²) in [5, 5.41) is 0. The molecule has 1 atom stereocenters. The molecule has 0 amide bonds. The number of benzene rings is 1. The molecule has 0 N–H and O–H groups in total. The van der Waals surface area contributed by atoms with E-state index in [2.05, 4.69) is 24.8 Å². The van der Waals surface area contributed by atoms with Gasteiger partial charge >= 0.3 is 0 Å². The molecule has 2 aliphatic carbocycles. The second-order valence-corrected chi connectivity index (χ2v) is 5.45. The molecule has 0 aliphatic heterocycles. The Morgan fingerprint density at radius 2 is 1.94 bits per heavy atom. The lowest BCUT2D eigenvalue weighted by molar-refractivity contribution is -0.119. The van der Waals surface area contributed by atoms with E-state index in [1.807, 2.05) is 0 Å². The first-order valence-corrected chi connectivity index (χ1v) is 6.52. The average molecular weight is 226 g/mol. The molecular weight excluding hydrogens is 208 g/mol. The molecule has 2 aliphatic rings. The molecule has 1 unspecified atom stereocenters. The van der Waals surface area contributed by atoms with Crippen LogP contribution in [-0.4, -0.2) is 5.78 Å². The predicted octanol–water partition coefficient (Wildman–Crippen LogP) is 3.57. The number of rotatable bonds is 1. The van der Waals surface area contributed by atoms with Crippen molar-refractivity contribution in [3.8, 4) is 0 Å². The monoisotopic (exact) mass is 226 g/mol. The highest BCUT2D eigenvalue weighted by molar-refractivity contribution is 5.83. The first-order chi connectivity index (χ1) is 8.22. The van der Waals surface area contributed by atoms with Gasteiger partial charge in [-0.1, -0.05) is 30.4 Å². The molecule has 1 nitrogen and oxygen atoms in total. The van der Waals surface area contributed by atoms with Gasteiger partial charge in [-0.2, -0.15) is 0 Å². The maximum absolute atomic E-state index is 11.6. The van der Waals surface area contributed by atoms with Crippen molar-refractivity contribution in [2.24, 2.45) is 0 Å². The highest BCUT2D eigenvalue weighted by atomic mass is 16.1. The summed E-state index contributed by atoms with van der Waals surface area (Å²) < 4.78 is 0. The molecule has 1 saturated carbocycles. The van der Waals surface area contributed by atoms with Crippen LogP contribution < -0.4 is 0 Å². The van der Waals surface area contributed by atoms with Gasteiger partial charge in [-0.15, -0.1) is 0 Å². The average Bonchev–Trinajstić information content (AvgIpc) is 2.74. The van der Waals surface area contributed by atoms with Crippen molar-refractivity contribution < 1.29 is 4.79 Å². The first-order valence-electron chi connectivity index (χ1n) is 6.52. The smallest absolute Gasteiger partial charge is 0.137 e. The summed E-state index contributed by atoms with van der Waals surface area (Å²) in [6.45, 7) is 3.99. The van der Waals surface area contributed by atoms with Crippen LogP contribution in [0.3, 0.4) is 0 Å². The van der Waals surface area contributed by atoms with Gasteiger partial charge in [-0.25, -0.2) is 0 Å². The van der Waals surface area contributed by atoms with E-state index in [0.29, 0.717) is 24.5 Å². The molecule has 0 bridgehead atoms. The van der Waals surface area contributed by atoms with E-state index in [1.54, 1.807) is 0 Å². The van der Waals surface area contributed by atoms with Gasteiger partial charge in [0.1, 0.15) is 5.78 Å². The van der Waals surface area contributed by atoms with Crippen molar-refractivity contribution in [3.63, 3.8) is 0 Å². The minimum atomic E-state index is 0.353. The number of fused-ring (bicyclic) bond motifs is 1. The Morgan fingerprint density at radius 3 is 2.76 bits per heavy atom. The van der Waals surface area contributed by atoms with Gasteiger partial charge in [0.15, 0.2) is 0 Å². The Bertz CT molecular complexity index is 468. The summed E-state index contributed by atoms with van der Waals surface area (Å²) >= 11 is 0. The van der Waals surface area contributed by atoms with Crippen molar-refractivity contribution >= 4 is 5.78 Å². The van der Waals surface area contributed by atoms with Crippen molar-refractivity contribution in [2.75, 3.05) is 0 Å². The minimum Gasteiger partial charge on any atom is -0.299 e. The molecule has 1 heteroatoms. The zero-order chi connectivity index (χ0) is 11.8. The SMILES string of the molecule is C=C1CC(=O)CC(c2ccc3c(c2)CCC3)C1. The third-order valence-electron chi connectivity index (χ3n) is 4.05. The Hall–Kier alpha value is -1.37. The van der Waals surface area contributed by atoms with Crippen LogP contribution in [0.5, 0.6) is 0 Å². The summed E-state index contributed by atoms with van der Waals surface area (Å²) in [5.41, 5.74) is 5.47. The van der Waals surface area contributed by atoms with Crippen molar-refractivity contribution in [1.82, 2.24) is 0 Å². The van der Waals surface area contributed by atoms with Crippen LogP contribution in [0.1, 0.15) is 48.3 Å². The van der Waals surface area contributed by atoms with Gasteiger partial charge in [0.05, 0.1) is 0 Å². The number of allylic oxidation sites excluding steroid dienone is 1. The number of hydrogen-bond donors (Lipinski definition) is 0. The molecule has 1 aromatic rings. The van der Waals surface area contributed by atoms with Crippen LogP contribution >= 0.6 is 0 Å². The van der Waals surface area contributed by atoms with Gasteiger partial charge < -0.3 is 0 Å². The second kappa shape index (κ2) is 4.14. The minimum absolute atomic E-state index is 0.353. The van der Waals surface area contributed by atoms with Gasteiger partial charge in [-0.05, 0) is 48.3 Å². The quantitative estimate of drug-likeness (QED) is 0.669. The fraction of sp³-hybridized carbons (Fsp3) is 0.438. The van der Waals surface area contributed by atoms with Crippen LogP contribution in [0.2, 0.25) is 0 Å². The standard InChI is InChI=1S/C16H18O/c1-11-7-15(10-16(17)8-11)14-6-5-12-3-2-4-13(12)9-14/h5-6,9,15H,1-4,7-8,10H2. The number of hydrogen-bond acceptors (Lipinski definition) is 1. The van der Waals surface area contributed by atoms with Gasteiger partial charge in [0.2, 0.25) is 0 Å². The van der Waals surface area contributed by atoms with Crippen LogP contribution in [-0.2, 0) is 17.6 Å². The number of ketones is 1. The number of carbonyl (C=O) groups excluding carboxylic acids is 1. The molecule has 1 aromatic carbocycles. The van der Waals surface area contributed by atoms with E-state index in [0.717, 1.165) is 12.0 Å². The summed E-state index contributed by atoms with van der Waals surface area (Å²) in [6, 6.07) is 6.82. The van der Waals surface area contributed by atoms with Gasteiger partial charge in [-0.3, -0.25) is 4.79 Å². The summed E-state index contributed by atoms with van der Waals surface area (Å²) in [6.07, 6.45) is 6.02. The Balaban J connectivity index is 1.88. The fourth-order valence-corrected chi connectivity index (χ4v) is 3.20. The molecule has 0 aromatic heterocycles. The Labute approximate surface area is 103 Å². The summed E-state index contributed by atoms with van der Waals surface area (Å²) in [7, 11) is 0. The zero-order valence-electron chi connectivity index (χ0n) is 10.2. The Morgan fingerprint density at radius 1 is 1.12 bits per heavy atom. The maximum Gasteiger partial charge on any atom is 0.137 e. The van der Waals surface area contributed by atoms with E-state index in [9.17, 15) is 4.79 Å². The molecule has 0 saturated heterocycles. The van der Waals surface area contributed by atoms with Crippen LogP contribution in [0.4, 0.5) is 0 Å². The highest BCUT2D eigenvalue weighted by Crippen LogP contribution is 2.35. The first kappa shape index (κ1) is 10.8. The lowest BCUT2D eigenvalue weighted by atomic mass is 9.80. The molecule has 0 spiro atoms. The van der Waals surface area contributed by atoms with E-state index >= 15 is 0 Å². The van der Waals surface area contributed by atoms with Gasteiger partial charge in [0.25, 0.3) is 0 Å². The van der Waals surface area contributed by atoms with Crippen LogP contribution in [0.15, 0.2) is 30.4 Å². The maximum atomic E-state index is 11.6. The molecule has 17 heavy (non-hydrogen) atoms. The normalized spacial score (nSPS) is 23.9. The largest absolute Gasteiger partial charge is 0.299 e. The third kappa shape index (κ3) is 2.06. The van der Waals surface area contributed by atoms with Crippen LogP contribution in [0, 0.1) is 0 Å².